The van der Waals surface area contributed by atoms with Crippen LogP contribution in [0, 0.1) is 5.82 Å². The molecule has 0 saturated carbocycles. The molecule has 1 unspecified atom stereocenters. The van der Waals surface area contributed by atoms with Crippen LogP contribution < -0.4 is 0 Å². The number of ether oxygens (including phenoxy) is 1. The summed E-state index contributed by atoms with van der Waals surface area (Å²) in [6.45, 7) is 1.40. The Labute approximate surface area is 154 Å². The number of benzene rings is 2. The molecule has 3 aromatic rings. The highest BCUT2D eigenvalue weighted by Crippen LogP contribution is 2.26. The molecule has 1 amide bonds. The molecule has 4 nitrogen and oxygen atoms in total. The number of thiazole rings is 1. The molecule has 1 aromatic heterocycles. The van der Waals surface area contributed by atoms with Crippen molar-refractivity contribution >= 4 is 17.2 Å². The third kappa shape index (κ3) is 3.52. The predicted molar refractivity (Wildman–Crippen MR) is 98.5 cm³/mol. The van der Waals surface area contributed by atoms with Crippen molar-refractivity contribution in [2.24, 2.45) is 0 Å². The molecule has 1 fully saturated rings. The van der Waals surface area contributed by atoms with Gasteiger partial charge in [0.2, 0.25) is 0 Å². The number of hydrogen-bond donors (Lipinski definition) is 0. The third-order valence-corrected chi connectivity index (χ3v) is 5.23. The van der Waals surface area contributed by atoms with Crippen molar-refractivity contribution in [3.63, 3.8) is 0 Å². The molecule has 1 aliphatic rings. The molecule has 26 heavy (non-hydrogen) atoms. The summed E-state index contributed by atoms with van der Waals surface area (Å²) in [5, 5.41) is 2.63. The fraction of sp³-hybridized carbons (Fsp3) is 0.200. The second-order valence-corrected chi connectivity index (χ2v) is 6.92. The first-order valence-electron chi connectivity index (χ1n) is 8.38. The van der Waals surface area contributed by atoms with E-state index in [1.54, 1.807) is 22.4 Å². The fourth-order valence-corrected chi connectivity index (χ4v) is 3.76. The van der Waals surface area contributed by atoms with E-state index in [1.807, 2.05) is 30.3 Å². The molecular formula is C20H17FN2O2S. The Hall–Kier alpha value is -2.57. The summed E-state index contributed by atoms with van der Waals surface area (Å²) in [5.74, 6) is -0.382. The van der Waals surface area contributed by atoms with Gasteiger partial charge in [-0.1, -0.05) is 42.5 Å². The van der Waals surface area contributed by atoms with Crippen LogP contribution in [0.1, 0.15) is 22.2 Å². The molecule has 0 N–H and O–H groups in total. The molecule has 2 heterocycles. The number of morpholine rings is 1. The van der Waals surface area contributed by atoms with E-state index >= 15 is 0 Å². The van der Waals surface area contributed by atoms with Gasteiger partial charge in [-0.15, -0.1) is 11.3 Å². The van der Waals surface area contributed by atoms with Gasteiger partial charge in [0, 0.05) is 17.5 Å². The summed E-state index contributed by atoms with van der Waals surface area (Å²) >= 11 is 1.46. The van der Waals surface area contributed by atoms with Crippen LogP contribution in [0.5, 0.6) is 0 Å². The smallest absolute Gasteiger partial charge is 0.273 e. The van der Waals surface area contributed by atoms with E-state index in [1.165, 1.54) is 23.5 Å². The van der Waals surface area contributed by atoms with E-state index in [9.17, 15) is 9.18 Å². The molecule has 0 aliphatic carbocycles. The fourth-order valence-electron chi connectivity index (χ4n) is 2.96. The Morgan fingerprint density at radius 3 is 2.69 bits per heavy atom. The molecule has 1 saturated heterocycles. The van der Waals surface area contributed by atoms with E-state index < -0.39 is 0 Å². The highest BCUT2D eigenvalue weighted by Gasteiger charge is 2.27. The Morgan fingerprint density at radius 2 is 1.92 bits per heavy atom. The second kappa shape index (κ2) is 7.35. The second-order valence-electron chi connectivity index (χ2n) is 6.07. The summed E-state index contributed by atoms with van der Waals surface area (Å²) < 4.78 is 18.9. The molecule has 4 rings (SSSR count). The highest BCUT2D eigenvalue weighted by molar-refractivity contribution is 7.13. The minimum Gasteiger partial charge on any atom is -0.370 e. The number of nitrogens with zero attached hydrogens (tertiary/aromatic N) is 2. The average Bonchev–Trinajstić information content (AvgIpc) is 3.19. The zero-order chi connectivity index (χ0) is 17.9. The van der Waals surface area contributed by atoms with Gasteiger partial charge >= 0.3 is 0 Å². The molecule has 1 aliphatic heterocycles. The molecule has 6 heteroatoms. The summed E-state index contributed by atoms with van der Waals surface area (Å²) in [6, 6.07) is 16.0. The topological polar surface area (TPSA) is 42.4 Å². The lowest BCUT2D eigenvalue weighted by Gasteiger charge is -2.32. The number of hydrogen-bond acceptors (Lipinski definition) is 4. The van der Waals surface area contributed by atoms with Crippen LogP contribution in [-0.2, 0) is 4.74 Å². The lowest BCUT2D eigenvalue weighted by molar-refractivity contribution is -0.0230. The van der Waals surface area contributed by atoms with Gasteiger partial charge in [-0.3, -0.25) is 4.79 Å². The summed E-state index contributed by atoms with van der Waals surface area (Å²) in [7, 11) is 0. The Kier molecular flexibility index (Phi) is 4.77. The molecule has 132 valence electrons. The molecule has 0 radical (unpaired) electrons. The van der Waals surface area contributed by atoms with Crippen LogP contribution >= 0.6 is 11.3 Å². The number of carbonyl (C=O) groups is 1. The van der Waals surface area contributed by atoms with Crippen molar-refractivity contribution in [1.82, 2.24) is 9.88 Å². The van der Waals surface area contributed by atoms with Crippen LogP contribution in [0.15, 0.2) is 60.0 Å². The molecule has 0 spiro atoms. The highest BCUT2D eigenvalue weighted by atomic mass is 32.1. The number of halogens is 1. The van der Waals surface area contributed by atoms with E-state index in [0.717, 1.165) is 16.1 Å². The minimum atomic E-state index is -0.284. The van der Waals surface area contributed by atoms with Crippen molar-refractivity contribution in [3.05, 3.63) is 77.1 Å². The van der Waals surface area contributed by atoms with Gasteiger partial charge in [-0.05, 0) is 17.7 Å². The molecular weight excluding hydrogens is 351 g/mol. The predicted octanol–water partition coefficient (Wildman–Crippen LogP) is 4.16. The van der Waals surface area contributed by atoms with Crippen molar-refractivity contribution in [1.29, 1.82) is 0 Å². The van der Waals surface area contributed by atoms with Crippen molar-refractivity contribution in [2.75, 3.05) is 19.7 Å². The summed E-state index contributed by atoms with van der Waals surface area (Å²) in [5.41, 5.74) is 2.32. The lowest BCUT2D eigenvalue weighted by atomic mass is 10.1. The Balaban J connectivity index is 1.49. The van der Waals surface area contributed by atoms with Crippen LogP contribution in [0.25, 0.3) is 10.6 Å². The maximum absolute atomic E-state index is 13.1. The van der Waals surface area contributed by atoms with Gasteiger partial charge in [0.25, 0.3) is 5.91 Å². The van der Waals surface area contributed by atoms with Gasteiger partial charge in [0.15, 0.2) is 0 Å². The van der Waals surface area contributed by atoms with Crippen molar-refractivity contribution < 1.29 is 13.9 Å². The largest absolute Gasteiger partial charge is 0.370 e. The normalized spacial score (nSPS) is 17.3. The van der Waals surface area contributed by atoms with Gasteiger partial charge in [-0.2, -0.15) is 0 Å². The average molecular weight is 368 g/mol. The first-order chi connectivity index (χ1) is 12.7. The molecule has 0 bridgehead atoms. The molecule has 2 aromatic carbocycles. The lowest BCUT2D eigenvalue weighted by Crippen LogP contribution is -2.42. The van der Waals surface area contributed by atoms with Crippen molar-refractivity contribution in [2.45, 2.75) is 6.10 Å². The minimum absolute atomic E-state index is 0.0983. The van der Waals surface area contributed by atoms with Crippen LogP contribution in [0.2, 0.25) is 0 Å². The monoisotopic (exact) mass is 368 g/mol. The molecule has 1 atom stereocenters. The number of carbonyl (C=O) groups excluding carboxylic acids is 1. The van der Waals surface area contributed by atoms with Gasteiger partial charge in [-0.25, -0.2) is 9.37 Å². The summed E-state index contributed by atoms with van der Waals surface area (Å²) in [4.78, 5) is 19.1. The first kappa shape index (κ1) is 16.9. The maximum atomic E-state index is 13.1. The zero-order valence-corrected chi connectivity index (χ0v) is 14.8. The number of rotatable bonds is 3. The number of amides is 1. The Morgan fingerprint density at radius 1 is 1.15 bits per heavy atom. The van der Waals surface area contributed by atoms with Gasteiger partial charge in [0.05, 0.1) is 13.2 Å². The maximum Gasteiger partial charge on any atom is 0.273 e. The first-order valence-corrected chi connectivity index (χ1v) is 9.26. The number of aromatic nitrogens is 1. The van der Waals surface area contributed by atoms with Gasteiger partial charge < -0.3 is 9.64 Å². The zero-order valence-electron chi connectivity index (χ0n) is 14.0. The van der Waals surface area contributed by atoms with E-state index in [4.69, 9.17) is 4.74 Å². The van der Waals surface area contributed by atoms with Crippen molar-refractivity contribution in [3.8, 4) is 10.6 Å². The quantitative estimate of drug-likeness (QED) is 0.697. The Bertz CT molecular complexity index is 896. The van der Waals surface area contributed by atoms with E-state index in [-0.39, 0.29) is 17.8 Å². The van der Waals surface area contributed by atoms with Crippen LogP contribution in [0.4, 0.5) is 4.39 Å². The summed E-state index contributed by atoms with van der Waals surface area (Å²) in [6.07, 6.45) is -0.250. The standard InChI is InChI=1S/C20H17FN2O2S/c21-16-8-6-14(7-9-16)18-12-23(10-11-25-18)20(24)17-13-26-19(22-17)15-4-2-1-3-5-15/h1-9,13,18H,10-12H2. The SMILES string of the molecule is O=C(c1csc(-c2ccccc2)n1)N1CCOC(c2ccc(F)cc2)C1. The van der Waals surface area contributed by atoms with Crippen LogP contribution in [-0.4, -0.2) is 35.5 Å². The van der Waals surface area contributed by atoms with E-state index in [2.05, 4.69) is 4.98 Å². The van der Waals surface area contributed by atoms with Gasteiger partial charge in [0.1, 0.15) is 22.6 Å². The third-order valence-electron chi connectivity index (χ3n) is 4.34. The van der Waals surface area contributed by atoms with Crippen LogP contribution in [0.3, 0.4) is 0 Å². The van der Waals surface area contributed by atoms with E-state index in [0.29, 0.717) is 25.4 Å².